The Morgan fingerprint density at radius 2 is 1.95 bits per heavy atom. The van der Waals surface area contributed by atoms with Gasteiger partial charge < -0.3 is 10.4 Å². The Balaban J connectivity index is 2.65. The first-order valence-corrected chi connectivity index (χ1v) is 6.73. The number of carbonyl (C=O) groups is 1. The average molecular weight is 276 g/mol. The molecule has 0 aliphatic rings. The quantitative estimate of drug-likeness (QED) is 0.655. The molecule has 0 radical (unpaired) electrons. The van der Waals surface area contributed by atoms with Crippen LogP contribution in [0.3, 0.4) is 0 Å². The Kier molecular flexibility index (Phi) is 5.06. The molecule has 0 spiro atoms. The summed E-state index contributed by atoms with van der Waals surface area (Å²) >= 11 is 0. The van der Waals surface area contributed by atoms with Crippen LogP contribution in [0.1, 0.15) is 46.6 Å². The Bertz CT molecular complexity index is 494. The second-order valence-corrected chi connectivity index (χ2v) is 6.67. The van der Waals surface area contributed by atoms with Gasteiger partial charge >= 0.3 is 0 Å². The number of rotatable bonds is 4. The maximum atomic E-state index is 11.6. The summed E-state index contributed by atoms with van der Waals surface area (Å²) in [5.74, 6) is -0.0557. The van der Waals surface area contributed by atoms with Gasteiger partial charge in [0.25, 0.3) is 0 Å². The predicted molar refractivity (Wildman–Crippen MR) is 82.1 cm³/mol. The zero-order valence-corrected chi connectivity index (χ0v) is 12.9. The van der Waals surface area contributed by atoms with Crippen molar-refractivity contribution in [3.05, 3.63) is 29.8 Å². The SMILES string of the molecule is CC(C)(C)CC(=O)NC=Nc1cccc(C(C)(C)O)c1. The summed E-state index contributed by atoms with van der Waals surface area (Å²) in [6.45, 7) is 9.48. The Labute approximate surface area is 120 Å². The van der Waals surface area contributed by atoms with Gasteiger partial charge in [0, 0.05) is 6.42 Å². The van der Waals surface area contributed by atoms with E-state index in [1.807, 2.05) is 39.0 Å². The minimum absolute atomic E-state index is 0.0429. The van der Waals surface area contributed by atoms with Gasteiger partial charge in [0.05, 0.1) is 17.6 Å². The van der Waals surface area contributed by atoms with Crippen molar-refractivity contribution in [1.82, 2.24) is 5.32 Å². The van der Waals surface area contributed by atoms with Crippen molar-refractivity contribution in [2.45, 2.75) is 46.6 Å². The van der Waals surface area contributed by atoms with E-state index in [0.717, 1.165) is 5.56 Å². The van der Waals surface area contributed by atoms with Gasteiger partial charge in [-0.2, -0.15) is 0 Å². The maximum Gasteiger partial charge on any atom is 0.225 e. The van der Waals surface area contributed by atoms with E-state index in [0.29, 0.717) is 12.1 Å². The molecule has 0 aliphatic carbocycles. The Morgan fingerprint density at radius 1 is 1.30 bits per heavy atom. The highest BCUT2D eigenvalue weighted by Gasteiger charge is 2.16. The van der Waals surface area contributed by atoms with Crippen LogP contribution >= 0.6 is 0 Å². The third kappa shape index (κ3) is 5.97. The molecule has 0 saturated carbocycles. The average Bonchev–Trinajstić information content (AvgIpc) is 2.25. The highest BCUT2D eigenvalue weighted by molar-refractivity contribution is 5.88. The molecule has 20 heavy (non-hydrogen) atoms. The second kappa shape index (κ2) is 6.18. The number of hydrogen-bond donors (Lipinski definition) is 2. The first-order chi connectivity index (χ1) is 9.08. The van der Waals surface area contributed by atoms with E-state index < -0.39 is 5.60 Å². The van der Waals surface area contributed by atoms with Gasteiger partial charge in [-0.25, -0.2) is 4.99 Å². The standard InChI is InChI=1S/C16H24N2O2/c1-15(2,3)10-14(19)18-11-17-13-8-6-7-12(9-13)16(4,5)20/h6-9,11,20H,10H2,1-5H3,(H,17,18,19). The smallest absolute Gasteiger partial charge is 0.225 e. The van der Waals surface area contributed by atoms with Gasteiger partial charge in [-0.05, 0) is 37.0 Å². The van der Waals surface area contributed by atoms with Gasteiger partial charge in [-0.1, -0.05) is 32.9 Å². The summed E-state index contributed by atoms with van der Waals surface area (Å²) in [6, 6.07) is 7.29. The summed E-state index contributed by atoms with van der Waals surface area (Å²) in [7, 11) is 0. The fourth-order valence-electron chi connectivity index (χ4n) is 1.68. The van der Waals surface area contributed by atoms with Crippen LogP contribution in [0.2, 0.25) is 0 Å². The predicted octanol–water partition coefficient (Wildman–Crippen LogP) is 3.13. The van der Waals surface area contributed by atoms with Crippen molar-refractivity contribution in [3.63, 3.8) is 0 Å². The van der Waals surface area contributed by atoms with Crippen molar-refractivity contribution < 1.29 is 9.90 Å². The number of amides is 1. The fraction of sp³-hybridized carbons (Fsp3) is 0.500. The molecule has 1 amide bonds. The molecule has 0 heterocycles. The summed E-state index contributed by atoms with van der Waals surface area (Å²) < 4.78 is 0. The normalized spacial score (nSPS) is 12.7. The van der Waals surface area contributed by atoms with Crippen LogP contribution in [0.25, 0.3) is 0 Å². The van der Waals surface area contributed by atoms with Crippen LogP contribution in [-0.4, -0.2) is 17.4 Å². The molecule has 0 aliphatic heterocycles. The second-order valence-electron chi connectivity index (χ2n) is 6.67. The van der Waals surface area contributed by atoms with Crippen LogP contribution in [0.4, 0.5) is 5.69 Å². The lowest BCUT2D eigenvalue weighted by Crippen LogP contribution is -2.26. The molecule has 1 aromatic carbocycles. The third-order valence-electron chi connectivity index (χ3n) is 2.68. The molecule has 4 heteroatoms. The van der Waals surface area contributed by atoms with E-state index >= 15 is 0 Å². The molecule has 0 aromatic heterocycles. The van der Waals surface area contributed by atoms with Gasteiger partial charge in [0.2, 0.25) is 5.91 Å². The molecule has 0 bridgehead atoms. The molecule has 0 saturated heterocycles. The van der Waals surface area contributed by atoms with Crippen molar-refractivity contribution in [1.29, 1.82) is 0 Å². The molecular formula is C16H24N2O2. The third-order valence-corrected chi connectivity index (χ3v) is 2.68. The van der Waals surface area contributed by atoms with Crippen LogP contribution in [0, 0.1) is 5.41 Å². The van der Waals surface area contributed by atoms with Crippen LogP contribution in [-0.2, 0) is 10.4 Å². The van der Waals surface area contributed by atoms with E-state index in [1.54, 1.807) is 19.9 Å². The van der Waals surface area contributed by atoms with Crippen LogP contribution < -0.4 is 5.32 Å². The molecule has 110 valence electrons. The van der Waals surface area contributed by atoms with Crippen LogP contribution in [0.5, 0.6) is 0 Å². The highest BCUT2D eigenvalue weighted by Crippen LogP contribution is 2.23. The molecule has 2 N–H and O–H groups in total. The first kappa shape index (κ1) is 16.4. The molecule has 1 aromatic rings. The van der Waals surface area contributed by atoms with E-state index in [1.165, 1.54) is 6.34 Å². The minimum atomic E-state index is -0.902. The minimum Gasteiger partial charge on any atom is -0.386 e. The van der Waals surface area contributed by atoms with E-state index in [4.69, 9.17) is 0 Å². The summed E-state index contributed by atoms with van der Waals surface area (Å²) in [5, 5.41) is 12.6. The number of benzene rings is 1. The zero-order valence-electron chi connectivity index (χ0n) is 12.9. The Hall–Kier alpha value is -1.68. The lowest BCUT2D eigenvalue weighted by atomic mass is 9.92. The largest absolute Gasteiger partial charge is 0.386 e. The first-order valence-electron chi connectivity index (χ1n) is 6.73. The fourth-order valence-corrected chi connectivity index (χ4v) is 1.68. The molecular weight excluding hydrogens is 252 g/mol. The highest BCUT2D eigenvalue weighted by atomic mass is 16.3. The number of aliphatic imine (C=N–C) groups is 1. The van der Waals surface area contributed by atoms with Crippen molar-refractivity contribution in [3.8, 4) is 0 Å². The Morgan fingerprint density at radius 3 is 2.50 bits per heavy atom. The van der Waals surface area contributed by atoms with Crippen molar-refractivity contribution in [2.24, 2.45) is 10.4 Å². The number of nitrogens with zero attached hydrogens (tertiary/aromatic N) is 1. The number of aliphatic hydroxyl groups is 1. The van der Waals surface area contributed by atoms with Crippen molar-refractivity contribution in [2.75, 3.05) is 0 Å². The molecule has 0 atom stereocenters. The summed E-state index contributed by atoms with van der Waals surface area (Å²) in [4.78, 5) is 15.8. The zero-order chi connectivity index (χ0) is 15.4. The lowest BCUT2D eigenvalue weighted by Gasteiger charge is -2.17. The van der Waals surface area contributed by atoms with Gasteiger partial charge in [-0.15, -0.1) is 0 Å². The number of hydrogen-bond acceptors (Lipinski definition) is 3. The molecule has 4 nitrogen and oxygen atoms in total. The topological polar surface area (TPSA) is 61.7 Å². The van der Waals surface area contributed by atoms with Gasteiger partial charge in [-0.3, -0.25) is 4.79 Å². The molecule has 0 unspecified atom stereocenters. The van der Waals surface area contributed by atoms with E-state index in [-0.39, 0.29) is 11.3 Å². The van der Waals surface area contributed by atoms with Crippen LogP contribution in [0.15, 0.2) is 29.3 Å². The number of nitrogens with one attached hydrogen (secondary N) is 1. The lowest BCUT2D eigenvalue weighted by molar-refractivity contribution is -0.121. The van der Waals surface area contributed by atoms with Gasteiger partial charge in [0.15, 0.2) is 0 Å². The van der Waals surface area contributed by atoms with E-state index in [2.05, 4.69) is 10.3 Å². The number of carbonyl (C=O) groups excluding carboxylic acids is 1. The molecule has 0 fully saturated rings. The van der Waals surface area contributed by atoms with Gasteiger partial charge in [0.1, 0.15) is 0 Å². The maximum absolute atomic E-state index is 11.6. The monoisotopic (exact) mass is 276 g/mol. The van der Waals surface area contributed by atoms with Crippen molar-refractivity contribution >= 4 is 17.9 Å². The van der Waals surface area contributed by atoms with E-state index in [9.17, 15) is 9.90 Å². The molecule has 1 rings (SSSR count). The summed E-state index contributed by atoms with van der Waals surface area (Å²) in [5.41, 5.74) is 0.536. The summed E-state index contributed by atoms with van der Waals surface area (Å²) in [6.07, 6.45) is 1.85.